The Labute approximate surface area is 90.8 Å². The summed E-state index contributed by atoms with van der Waals surface area (Å²) in [6.07, 6.45) is -5.07. The Morgan fingerprint density at radius 2 is 1.62 bits per heavy atom. The highest BCUT2D eigenvalue weighted by atomic mass is 19.4. The maximum Gasteiger partial charge on any atom is 0.471 e. The molecule has 0 aliphatic carbocycles. The summed E-state index contributed by atoms with van der Waals surface area (Å²) < 4.78 is 35.8. The van der Waals surface area contributed by atoms with E-state index in [-0.39, 0.29) is 5.92 Å². The van der Waals surface area contributed by atoms with Crippen LogP contribution in [0.1, 0.15) is 20.8 Å². The van der Waals surface area contributed by atoms with Crippen LogP contribution >= 0.6 is 0 Å². The van der Waals surface area contributed by atoms with Gasteiger partial charge in [-0.25, -0.2) is 4.79 Å². The van der Waals surface area contributed by atoms with Gasteiger partial charge in [0.1, 0.15) is 6.04 Å². The second-order valence-corrected chi connectivity index (χ2v) is 3.89. The van der Waals surface area contributed by atoms with Crippen molar-refractivity contribution in [3.8, 4) is 0 Å². The molecular weight excluding hydrogens is 227 g/mol. The number of carbonyl (C=O) groups is 2. The molecule has 94 valence electrons. The van der Waals surface area contributed by atoms with Gasteiger partial charge in [0, 0.05) is 0 Å². The Bertz CT molecular complexity index is 276. The highest BCUT2D eigenvalue weighted by Gasteiger charge is 2.42. The molecule has 0 aromatic carbocycles. The van der Waals surface area contributed by atoms with E-state index in [0.29, 0.717) is 0 Å². The number of amides is 1. The van der Waals surface area contributed by atoms with Crippen molar-refractivity contribution in [2.24, 2.45) is 11.8 Å². The second-order valence-electron chi connectivity index (χ2n) is 3.89. The monoisotopic (exact) mass is 241 g/mol. The number of alkyl halides is 3. The van der Waals surface area contributed by atoms with Crippen LogP contribution in [0, 0.1) is 11.8 Å². The summed E-state index contributed by atoms with van der Waals surface area (Å²) in [5, 5.41) is 10.2. The van der Waals surface area contributed by atoms with Crippen LogP contribution in [-0.4, -0.2) is 29.2 Å². The smallest absolute Gasteiger partial charge is 0.471 e. The Morgan fingerprint density at radius 3 is 1.88 bits per heavy atom. The molecule has 2 unspecified atom stereocenters. The van der Waals surface area contributed by atoms with Crippen LogP contribution in [0.5, 0.6) is 0 Å². The highest BCUT2D eigenvalue weighted by molar-refractivity contribution is 5.87. The SMILES string of the molecule is CC(C)C(C)C(NC(=O)C(F)(F)F)C(=O)O. The van der Waals surface area contributed by atoms with Crippen molar-refractivity contribution in [1.29, 1.82) is 0 Å². The maximum absolute atomic E-state index is 11.9. The number of rotatable bonds is 4. The fraction of sp³-hybridized carbons (Fsp3) is 0.778. The van der Waals surface area contributed by atoms with Gasteiger partial charge in [0.15, 0.2) is 0 Å². The van der Waals surface area contributed by atoms with Crippen molar-refractivity contribution in [1.82, 2.24) is 5.32 Å². The average molecular weight is 241 g/mol. The van der Waals surface area contributed by atoms with Crippen LogP contribution in [0.15, 0.2) is 0 Å². The fourth-order valence-electron chi connectivity index (χ4n) is 1.03. The lowest BCUT2D eigenvalue weighted by Crippen LogP contribution is -2.50. The Balaban J connectivity index is 4.72. The predicted octanol–water partition coefficient (Wildman–Crippen LogP) is 1.41. The second kappa shape index (κ2) is 5.18. The summed E-state index contributed by atoms with van der Waals surface area (Å²) in [4.78, 5) is 21.3. The zero-order valence-corrected chi connectivity index (χ0v) is 9.13. The Morgan fingerprint density at radius 1 is 1.19 bits per heavy atom. The summed E-state index contributed by atoms with van der Waals surface area (Å²) >= 11 is 0. The van der Waals surface area contributed by atoms with Crippen LogP contribution in [0.25, 0.3) is 0 Å². The van der Waals surface area contributed by atoms with Gasteiger partial charge in [0.05, 0.1) is 0 Å². The molecule has 0 aliphatic heterocycles. The molecule has 2 N–H and O–H groups in total. The molecule has 0 heterocycles. The lowest BCUT2D eigenvalue weighted by molar-refractivity contribution is -0.176. The normalized spacial score (nSPS) is 15.7. The third-order valence-corrected chi connectivity index (χ3v) is 2.39. The molecule has 1 amide bonds. The number of nitrogens with one attached hydrogen (secondary N) is 1. The van der Waals surface area contributed by atoms with Gasteiger partial charge in [0.25, 0.3) is 0 Å². The molecule has 0 spiro atoms. The molecule has 0 saturated carbocycles. The van der Waals surface area contributed by atoms with Gasteiger partial charge in [-0.3, -0.25) is 4.79 Å². The number of hydrogen-bond acceptors (Lipinski definition) is 2. The number of halogens is 3. The molecule has 7 heteroatoms. The number of carbonyl (C=O) groups excluding carboxylic acids is 1. The quantitative estimate of drug-likeness (QED) is 0.782. The highest BCUT2D eigenvalue weighted by Crippen LogP contribution is 2.18. The van der Waals surface area contributed by atoms with Gasteiger partial charge in [-0.15, -0.1) is 0 Å². The van der Waals surface area contributed by atoms with Crippen LogP contribution in [0.3, 0.4) is 0 Å². The number of aliphatic carboxylic acids is 1. The van der Waals surface area contributed by atoms with Crippen molar-refractivity contribution in [2.45, 2.75) is 33.0 Å². The Kier molecular flexibility index (Phi) is 4.77. The third kappa shape index (κ3) is 4.08. The van der Waals surface area contributed by atoms with E-state index in [1.165, 1.54) is 12.2 Å². The first-order valence-electron chi connectivity index (χ1n) is 4.67. The van der Waals surface area contributed by atoms with E-state index in [9.17, 15) is 22.8 Å². The van der Waals surface area contributed by atoms with Crippen LogP contribution < -0.4 is 5.32 Å². The molecule has 0 fully saturated rings. The van der Waals surface area contributed by atoms with Gasteiger partial charge in [-0.05, 0) is 11.8 Å². The van der Waals surface area contributed by atoms with Gasteiger partial charge >= 0.3 is 18.1 Å². The van der Waals surface area contributed by atoms with Crippen molar-refractivity contribution in [2.75, 3.05) is 0 Å². The minimum absolute atomic E-state index is 0.158. The fourth-order valence-corrected chi connectivity index (χ4v) is 1.03. The lowest BCUT2D eigenvalue weighted by Gasteiger charge is -2.24. The first-order chi connectivity index (χ1) is 7.07. The zero-order valence-electron chi connectivity index (χ0n) is 9.13. The van der Waals surface area contributed by atoms with E-state index in [4.69, 9.17) is 5.11 Å². The van der Waals surface area contributed by atoms with E-state index in [1.807, 2.05) is 0 Å². The molecule has 0 bridgehead atoms. The number of hydrogen-bond donors (Lipinski definition) is 2. The summed E-state index contributed by atoms with van der Waals surface area (Å²) in [6, 6.07) is -1.53. The van der Waals surface area contributed by atoms with E-state index in [2.05, 4.69) is 0 Å². The first kappa shape index (κ1) is 14.7. The lowest BCUT2D eigenvalue weighted by atomic mass is 9.90. The third-order valence-electron chi connectivity index (χ3n) is 2.39. The van der Waals surface area contributed by atoms with E-state index < -0.39 is 30.0 Å². The van der Waals surface area contributed by atoms with Crippen molar-refractivity contribution in [3.05, 3.63) is 0 Å². The molecule has 0 rings (SSSR count). The summed E-state index contributed by atoms with van der Waals surface area (Å²) in [7, 11) is 0. The molecular formula is C9H14F3NO3. The van der Waals surface area contributed by atoms with Gasteiger partial charge in [0.2, 0.25) is 0 Å². The molecule has 16 heavy (non-hydrogen) atoms. The van der Waals surface area contributed by atoms with E-state index in [0.717, 1.165) is 0 Å². The van der Waals surface area contributed by atoms with E-state index in [1.54, 1.807) is 13.8 Å². The molecule has 4 nitrogen and oxygen atoms in total. The minimum Gasteiger partial charge on any atom is -0.480 e. The largest absolute Gasteiger partial charge is 0.480 e. The van der Waals surface area contributed by atoms with Crippen LogP contribution in [-0.2, 0) is 9.59 Å². The van der Waals surface area contributed by atoms with Gasteiger partial charge in [-0.2, -0.15) is 13.2 Å². The Hall–Kier alpha value is -1.27. The summed E-state index contributed by atoms with van der Waals surface area (Å²) in [5.41, 5.74) is 0. The van der Waals surface area contributed by atoms with Crippen LogP contribution in [0.4, 0.5) is 13.2 Å². The molecule has 0 aromatic rings. The van der Waals surface area contributed by atoms with Crippen LogP contribution in [0.2, 0.25) is 0 Å². The summed E-state index contributed by atoms with van der Waals surface area (Å²) in [6.45, 7) is 4.81. The van der Waals surface area contributed by atoms with Gasteiger partial charge in [-0.1, -0.05) is 20.8 Å². The van der Waals surface area contributed by atoms with E-state index >= 15 is 0 Å². The maximum atomic E-state index is 11.9. The first-order valence-corrected chi connectivity index (χ1v) is 4.67. The number of carboxylic acids is 1. The topological polar surface area (TPSA) is 66.4 Å². The molecule has 0 aliphatic rings. The molecule has 0 radical (unpaired) electrons. The van der Waals surface area contributed by atoms with Crippen molar-refractivity contribution < 1.29 is 27.9 Å². The molecule has 0 aromatic heterocycles. The predicted molar refractivity (Wildman–Crippen MR) is 49.6 cm³/mol. The zero-order chi connectivity index (χ0) is 13.1. The minimum atomic E-state index is -5.07. The van der Waals surface area contributed by atoms with Gasteiger partial charge < -0.3 is 10.4 Å². The molecule has 0 saturated heterocycles. The number of carboxylic acid groups (broad SMARTS) is 1. The standard InChI is InChI=1S/C9H14F3NO3/c1-4(2)5(3)6(7(14)15)13-8(16)9(10,11)12/h4-6H,1-3H3,(H,13,16)(H,14,15). The summed E-state index contributed by atoms with van der Waals surface area (Å²) in [5.74, 6) is -4.45. The van der Waals surface area contributed by atoms with Crippen molar-refractivity contribution >= 4 is 11.9 Å². The average Bonchev–Trinajstić information content (AvgIpc) is 2.10. The van der Waals surface area contributed by atoms with Crippen molar-refractivity contribution in [3.63, 3.8) is 0 Å². The molecule has 2 atom stereocenters.